The van der Waals surface area contributed by atoms with Gasteiger partial charge < -0.3 is 0 Å². The van der Waals surface area contributed by atoms with E-state index >= 15 is 0 Å². The molecule has 0 aromatic heterocycles. The summed E-state index contributed by atoms with van der Waals surface area (Å²) in [6.45, 7) is 0. The van der Waals surface area contributed by atoms with E-state index in [0.29, 0.717) is 12.3 Å². The Bertz CT molecular complexity index is 268. The Morgan fingerprint density at radius 1 is 1.50 bits per heavy atom. The molecule has 1 rings (SSSR count). The van der Waals surface area contributed by atoms with Gasteiger partial charge in [-0.15, -0.1) is 11.6 Å². The van der Waals surface area contributed by atoms with Crippen LogP contribution in [-0.2, 0) is 4.79 Å². The lowest BCUT2D eigenvalue weighted by Gasteiger charge is -2.11. The van der Waals surface area contributed by atoms with Gasteiger partial charge in [-0.1, -0.05) is 0 Å². The van der Waals surface area contributed by atoms with Crippen LogP contribution in [0.4, 0.5) is 13.2 Å². The summed E-state index contributed by atoms with van der Waals surface area (Å²) < 4.78 is 35.7. The molecule has 1 aliphatic rings. The molecule has 2 nitrogen and oxygen atoms in total. The van der Waals surface area contributed by atoms with E-state index in [1.54, 1.807) is 0 Å². The summed E-state index contributed by atoms with van der Waals surface area (Å²) in [6, 6.07) is 0. The number of carbonyl (C=O) groups is 1. The first-order valence-corrected chi connectivity index (χ1v) is 3.36. The number of rotatable bonds is 0. The predicted molar refractivity (Wildman–Crippen MR) is 37.3 cm³/mol. The molecule has 66 valence electrons. The lowest BCUT2D eigenvalue weighted by Crippen LogP contribution is -2.22. The van der Waals surface area contributed by atoms with E-state index in [0.717, 1.165) is 0 Å². The molecule has 1 amide bonds. The van der Waals surface area contributed by atoms with Gasteiger partial charge in [0.15, 0.2) is 0 Å². The van der Waals surface area contributed by atoms with Gasteiger partial charge in [0, 0.05) is 6.21 Å². The molecule has 0 saturated heterocycles. The predicted octanol–water partition coefficient (Wildman–Crippen LogP) is 1.69. The number of nitrogens with zero attached hydrogens (tertiary/aromatic N) is 1. The minimum atomic E-state index is -4.49. The fourth-order valence-corrected chi connectivity index (χ4v) is 0.836. The minimum absolute atomic E-state index is 0.473. The van der Waals surface area contributed by atoms with Gasteiger partial charge in [-0.2, -0.15) is 13.2 Å². The van der Waals surface area contributed by atoms with Crippen molar-refractivity contribution >= 4 is 23.7 Å². The Balaban J connectivity index is 2.91. The van der Waals surface area contributed by atoms with E-state index in [1.165, 1.54) is 0 Å². The van der Waals surface area contributed by atoms with Crippen molar-refractivity contribution in [2.24, 2.45) is 4.99 Å². The highest BCUT2D eigenvalue weighted by atomic mass is 35.5. The third-order valence-electron chi connectivity index (χ3n) is 1.22. The monoisotopic (exact) mass is 197 g/mol. The molecule has 0 bridgehead atoms. The van der Waals surface area contributed by atoms with Gasteiger partial charge in [0.1, 0.15) is 5.38 Å². The fourth-order valence-electron chi connectivity index (χ4n) is 0.644. The van der Waals surface area contributed by atoms with Gasteiger partial charge in [-0.05, 0) is 6.08 Å². The Morgan fingerprint density at radius 3 is 2.50 bits per heavy atom. The van der Waals surface area contributed by atoms with Crippen molar-refractivity contribution in [2.45, 2.75) is 11.6 Å². The highest BCUT2D eigenvalue weighted by Crippen LogP contribution is 2.27. The highest BCUT2D eigenvalue weighted by molar-refractivity contribution is 6.33. The molecule has 1 aliphatic heterocycles. The number of hydrogen-bond donors (Lipinski definition) is 0. The first-order chi connectivity index (χ1) is 5.41. The van der Waals surface area contributed by atoms with Gasteiger partial charge in [0.2, 0.25) is 0 Å². The minimum Gasteiger partial charge on any atom is -0.271 e. The van der Waals surface area contributed by atoms with Gasteiger partial charge in [0.05, 0.1) is 5.57 Å². The fraction of sp³-hybridized carbons (Fsp3) is 0.333. The molecule has 0 fully saturated rings. The molecule has 0 spiro atoms. The quantitative estimate of drug-likeness (QED) is 0.544. The van der Waals surface area contributed by atoms with Gasteiger partial charge in [-0.25, -0.2) is 4.99 Å². The highest BCUT2D eigenvalue weighted by Gasteiger charge is 2.35. The van der Waals surface area contributed by atoms with Crippen molar-refractivity contribution < 1.29 is 18.0 Å². The standard InChI is InChI=1S/C6H3ClF3NO/c7-4-1-3(6(8,9)10)2-11-5(4)12/h1-2,4H. The summed E-state index contributed by atoms with van der Waals surface area (Å²) in [4.78, 5) is 13.5. The maximum atomic E-state index is 11.9. The van der Waals surface area contributed by atoms with E-state index in [1.807, 2.05) is 0 Å². The zero-order valence-corrected chi connectivity index (χ0v) is 6.36. The smallest absolute Gasteiger partial charge is 0.271 e. The van der Waals surface area contributed by atoms with Crippen LogP contribution in [0.3, 0.4) is 0 Å². The van der Waals surface area contributed by atoms with Crippen LogP contribution in [0.25, 0.3) is 0 Å². The van der Waals surface area contributed by atoms with E-state index in [2.05, 4.69) is 4.99 Å². The second-order valence-corrected chi connectivity index (χ2v) is 2.59. The molecule has 0 radical (unpaired) electrons. The molecule has 1 heterocycles. The van der Waals surface area contributed by atoms with Gasteiger partial charge in [-0.3, -0.25) is 4.79 Å². The zero-order valence-electron chi connectivity index (χ0n) is 5.60. The van der Waals surface area contributed by atoms with E-state index in [-0.39, 0.29) is 0 Å². The second kappa shape index (κ2) is 2.90. The Labute approximate surface area is 70.7 Å². The lowest BCUT2D eigenvalue weighted by molar-refractivity contribution is -0.117. The van der Waals surface area contributed by atoms with Crippen molar-refractivity contribution in [1.82, 2.24) is 0 Å². The second-order valence-electron chi connectivity index (χ2n) is 2.12. The molecular formula is C6H3ClF3NO. The maximum absolute atomic E-state index is 11.9. The van der Waals surface area contributed by atoms with Gasteiger partial charge >= 0.3 is 6.18 Å². The molecule has 1 unspecified atom stereocenters. The molecular weight excluding hydrogens is 195 g/mol. The van der Waals surface area contributed by atoms with Crippen LogP contribution in [0.1, 0.15) is 0 Å². The molecule has 6 heteroatoms. The first kappa shape index (κ1) is 9.25. The van der Waals surface area contributed by atoms with E-state index in [9.17, 15) is 18.0 Å². The molecule has 0 saturated carbocycles. The molecule has 12 heavy (non-hydrogen) atoms. The van der Waals surface area contributed by atoms with E-state index < -0.39 is 23.0 Å². The number of hydrogen-bond acceptors (Lipinski definition) is 1. The molecule has 1 atom stereocenters. The molecule has 0 aliphatic carbocycles. The normalized spacial score (nSPS) is 24.2. The van der Waals surface area contributed by atoms with Crippen LogP contribution in [0, 0.1) is 0 Å². The molecule has 0 N–H and O–H groups in total. The van der Waals surface area contributed by atoms with Crippen molar-refractivity contribution in [3.63, 3.8) is 0 Å². The van der Waals surface area contributed by atoms with Crippen molar-refractivity contribution in [3.8, 4) is 0 Å². The number of carbonyl (C=O) groups excluding carboxylic acids is 1. The van der Waals surface area contributed by atoms with Crippen LogP contribution >= 0.6 is 11.6 Å². The average Bonchev–Trinajstić information content (AvgIpc) is 1.92. The Morgan fingerprint density at radius 2 is 2.08 bits per heavy atom. The summed E-state index contributed by atoms with van der Waals surface area (Å²) >= 11 is 5.23. The summed E-state index contributed by atoms with van der Waals surface area (Å²) in [7, 11) is 0. The SMILES string of the molecule is O=C1N=CC(C(F)(F)F)=CC1Cl. The van der Waals surface area contributed by atoms with Crippen molar-refractivity contribution in [2.75, 3.05) is 0 Å². The van der Waals surface area contributed by atoms with Crippen LogP contribution < -0.4 is 0 Å². The van der Waals surface area contributed by atoms with E-state index in [4.69, 9.17) is 11.6 Å². The van der Waals surface area contributed by atoms with Crippen molar-refractivity contribution in [3.05, 3.63) is 11.6 Å². The van der Waals surface area contributed by atoms with Crippen LogP contribution in [-0.4, -0.2) is 23.7 Å². The largest absolute Gasteiger partial charge is 0.417 e. The summed E-state index contributed by atoms with van der Waals surface area (Å²) in [5.74, 6) is -0.773. The van der Waals surface area contributed by atoms with Crippen molar-refractivity contribution in [1.29, 1.82) is 0 Å². The van der Waals surface area contributed by atoms with Gasteiger partial charge in [0.25, 0.3) is 5.91 Å². The first-order valence-electron chi connectivity index (χ1n) is 2.92. The molecule has 0 aromatic carbocycles. The third kappa shape index (κ3) is 1.85. The number of halogens is 4. The van der Waals surface area contributed by atoms with Crippen LogP contribution in [0.15, 0.2) is 16.6 Å². The number of alkyl halides is 4. The maximum Gasteiger partial charge on any atom is 0.417 e. The topological polar surface area (TPSA) is 29.4 Å². The molecule has 0 aromatic rings. The average molecular weight is 198 g/mol. The zero-order chi connectivity index (χ0) is 9.35. The summed E-state index contributed by atoms with van der Waals surface area (Å²) in [6.07, 6.45) is -3.38. The lowest BCUT2D eigenvalue weighted by atomic mass is 10.2. The number of dihydropyridines is 1. The number of aliphatic imine (C=N–C) groups is 1. The third-order valence-corrected chi connectivity index (χ3v) is 1.53. The summed E-state index contributed by atoms with van der Waals surface area (Å²) in [5, 5.41) is -1.30. The van der Waals surface area contributed by atoms with Crippen LogP contribution in [0.2, 0.25) is 0 Å². The number of allylic oxidation sites excluding steroid dienone is 1. The van der Waals surface area contributed by atoms with Crippen LogP contribution in [0.5, 0.6) is 0 Å². The summed E-state index contributed by atoms with van der Waals surface area (Å²) in [5.41, 5.74) is -0.984. The Hall–Kier alpha value is -0.840. The Kier molecular flexibility index (Phi) is 2.23. The number of amides is 1.